The Morgan fingerprint density at radius 3 is 2.39 bits per heavy atom. The fourth-order valence-electron chi connectivity index (χ4n) is 4.93. The van der Waals surface area contributed by atoms with Crippen LogP contribution in [0.5, 0.6) is 0 Å². The minimum Gasteiger partial charge on any atom is -0.350 e. The maximum atomic E-state index is 14.4. The van der Waals surface area contributed by atoms with Gasteiger partial charge in [0.2, 0.25) is 0 Å². The van der Waals surface area contributed by atoms with Crippen molar-refractivity contribution in [3.05, 3.63) is 76.7 Å². The van der Waals surface area contributed by atoms with E-state index in [1.54, 1.807) is 18.7 Å². The highest BCUT2D eigenvalue weighted by Crippen LogP contribution is 2.46. The van der Waals surface area contributed by atoms with E-state index in [0.29, 0.717) is 32.5 Å². The average Bonchev–Trinajstić information content (AvgIpc) is 3.67. The molecule has 1 unspecified atom stereocenters. The van der Waals surface area contributed by atoms with Gasteiger partial charge in [0.15, 0.2) is 21.5 Å². The van der Waals surface area contributed by atoms with Crippen molar-refractivity contribution < 1.29 is 25.8 Å². The van der Waals surface area contributed by atoms with Gasteiger partial charge in [0, 0.05) is 25.7 Å². The van der Waals surface area contributed by atoms with Crippen LogP contribution < -0.4 is 9.62 Å². The minimum absolute atomic E-state index is 0.0161. The zero-order valence-electron chi connectivity index (χ0n) is 22.1. The summed E-state index contributed by atoms with van der Waals surface area (Å²) in [5.74, 6) is -2.22. The van der Waals surface area contributed by atoms with E-state index in [2.05, 4.69) is 9.71 Å². The van der Waals surface area contributed by atoms with Crippen LogP contribution in [-0.4, -0.2) is 58.8 Å². The molecule has 2 aliphatic rings. The van der Waals surface area contributed by atoms with E-state index in [-0.39, 0.29) is 37.7 Å². The first kappa shape index (κ1) is 29.3. The van der Waals surface area contributed by atoms with Crippen molar-refractivity contribution in [2.75, 3.05) is 29.3 Å². The summed E-state index contributed by atoms with van der Waals surface area (Å²) in [7, 11) is -5.46. The van der Waals surface area contributed by atoms with Crippen LogP contribution >= 0.6 is 11.6 Å². The molecule has 8 nitrogen and oxygen atoms in total. The first-order chi connectivity index (χ1) is 19.3. The van der Waals surface area contributed by atoms with Crippen LogP contribution in [0.15, 0.2) is 58.5 Å². The number of hydrogen-bond donors (Lipinski definition) is 2. The maximum absolute atomic E-state index is 14.4. The van der Waals surface area contributed by atoms with Gasteiger partial charge >= 0.3 is 0 Å². The highest BCUT2D eigenvalue weighted by molar-refractivity contribution is 7.92. The number of piperazine rings is 1. The topological polar surface area (TPSA) is 106 Å². The Balaban J connectivity index is 1.39. The van der Waals surface area contributed by atoms with E-state index in [1.165, 1.54) is 24.3 Å². The van der Waals surface area contributed by atoms with Gasteiger partial charge < -0.3 is 14.5 Å². The fraction of sp³-hybridized carbons (Fsp3) is 0.333. The van der Waals surface area contributed by atoms with Gasteiger partial charge in [-0.25, -0.2) is 30.8 Å². The molecule has 3 aromatic rings. The molecule has 1 aliphatic carbocycles. The average molecular weight is 626 g/mol. The Hall–Kier alpha value is -3.16. The van der Waals surface area contributed by atoms with Crippen molar-refractivity contribution >= 4 is 49.8 Å². The van der Waals surface area contributed by atoms with E-state index in [1.807, 2.05) is 4.90 Å². The van der Waals surface area contributed by atoms with Crippen molar-refractivity contribution in [3.8, 4) is 0 Å². The number of nitrogens with one attached hydrogen (secondary N) is 2. The molecule has 0 bridgehead atoms. The molecular weight excluding hydrogens is 599 g/mol. The summed E-state index contributed by atoms with van der Waals surface area (Å²) in [4.78, 5) is 7.79. The fourth-order valence-corrected chi connectivity index (χ4v) is 7.15. The molecule has 1 aliphatic heterocycles. The van der Waals surface area contributed by atoms with E-state index in [4.69, 9.17) is 17.0 Å². The molecule has 1 spiro atoms. The first-order valence-corrected chi connectivity index (χ1v) is 15.8. The molecule has 1 atom stereocenters. The number of halogens is 4. The second-order valence-corrected chi connectivity index (χ2v) is 14.5. The molecule has 14 heteroatoms. The summed E-state index contributed by atoms with van der Waals surface area (Å²) < 4.78 is 83.0. The lowest BCUT2D eigenvalue weighted by atomic mass is 10.1. The third-order valence-electron chi connectivity index (χ3n) is 7.32. The van der Waals surface area contributed by atoms with Gasteiger partial charge in [-0.3, -0.25) is 5.41 Å². The van der Waals surface area contributed by atoms with Crippen molar-refractivity contribution in [2.24, 2.45) is 0 Å². The summed E-state index contributed by atoms with van der Waals surface area (Å²) in [6.07, 6.45) is 2.36. The number of benzene rings is 2. The lowest BCUT2D eigenvalue weighted by Crippen LogP contribution is -2.57. The molecule has 2 fully saturated rings. The molecule has 0 radical (unpaired) electrons. The molecule has 5 rings (SSSR count). The number of hydrogen-bond acceptors (Lipinski definition) is 6. The summed E-state index contributed by atoms with van der Waals surface area (Å²) in [5, 5.41) is 8.37. The third-order valence-corrected chi connectivity index (χ3v) is 10.9. The molecule has 1 aromatic heterocycles. The lowest BCUT2D eigenvalue weighted by Gasteiger charge is -2.44. The van der Waals surface area contributed by atoms with Gasteiger partial charge in [0.1, 0.15) is 28.5 Å². The number of aromatic nitrogens is 1. The number of rotatable bonds is 7. The van der Waals surface area contributed by atoms with Gasteiger partial charge in [-0.2, -0.15) is 0 Å². The van der Waals surface area contributed by atoms with Crippen molar-refractivity contribution in [1.82, 2.24) is 9.88 Å². The molecule has 2 N–H and O–H groups in total. The van der Waals surface area contributed by atoms with Crippen LogP contribution in [-0.2, 0) is 20.8 Å². The first-order valence-electron chi connectivity index (χ1n) is 12.8. The summed E-state index contributed by atoms with van der Waals surface area (Å²) >= 11 is 6.43. The molecule has 2 aromatic carbocycles. The number of pyridine rings is 1. The largest absolute Gasteiger partial charge is 0.350 e. The van der Waals surface area contributed by atoms with E-state index in [9.17, 15) is 25.8 Å². The highest BCUT2D eigenvalue weighted by atomic mass is 35.5. The van der Waals surface area contributed by atoms with Crippen molar-refractivity contribution in [1.29, 1.82) is 5.41 Å². The van der Waals surface area contributed by atoms with Crippen LogP contribution in [0, 0.1) is 22.9 Å². The Bertz CT molecular complexity index is 1650. The smallest absolute Gasteiger partial charge is 0.180 e. The Labute approximate surface area is 243 Å². The predicted octanol–water partition coefficient (Wildman–Crippen LogP) is 5.15. The Morgan fingerprint density at radius 1 is 1.10 bits per heavy atom. The zero-order valence-corrected chi connectivity index (χ0v) is 24.5. The SMILES string of the molecule is CC(C)S(=O)(=O)c1ccc(S(=O)Nc2cc(F)cc(Cl)c2C(=N)N2CCN(c3ncc(F)cc3F)CC23CC3)cc1. The van der Waals surface area contributed by atoms with E-state index < -0.39 is 49.1 Å². The van der Waals surface area contributed by atoms with Gasteiger partial charge in [-0.05, 0) is 63.1 Å². The summed E-state index contributed by atoms with van der Waals surface area (Å²) in [5.41, 5.74) is -0.350. The maximum Gasteiger partial charge on any atom is 0.180 e. The number of anilines is 2. The molecule has 1 saturated heterocycles. The quantitative estimate of drug-likeness (QED) is 0.278. The number of nitrogens with zero attached hydrogens (tertiary/aromatic N) is 3. The zero-order chi connectivity index (χ0) is 29.7. The minimum atomic E-state index is -3.52. The van der Waals surface area contributed by atoms with Crippen LogP contribution in [0.3, 0.4) is 0 Å². The Kier molecular flexibility index (Phi) is 7.81. The monoisotopic (exact) mass is 625 g/mol. The van der Waals surface area contributed by atoms with Crippen LogP contribution in [0.25, 0.3) is 0 Å². The normalized spacial score (nSPS) is 17.1. The van der Waals surface area contributed by atoms with Gasteiger partial charge in [0.05, 0.1) is 43.1 Å². The second-order valence-electron chi connectivity index (χ2n) is 10.4. The second kappa shape index (κ2) is 10.9. The van der Waals surface area contributed by atoms with E-state index in [0.717, 1.165) is 24.4 Å². The predicted molar refractivity (Wildman–Crippen MR) is 152 cm³/mol. The third kappa shape index (κ3) is 5.67. The van der Waals surface area contributed by atoms with Crippen LogP contribution in [0.1, 0.15) is 32.3 Å². The molecule has 1 saturated carbocycles. The Morgan fingerprint density at radius 2 is 1.78 bits per heavy atom. The van der Waals surface area contributed by atoms with Crippen molar-refractivity contribution in [3.63, 3.8) is 0 Å². The van der Waals surface area contributed by atoms with Gasteiger partial charge in [-0.15, -0.1) is 0 Å². The lowest BCUT2D eigenvalue weighted by molar-refractivity contribution is 0.257. The molecule has 218 valence electrons. The van der Waals surface area contributed by atoms with Gasteiger partial charge in [0.25, 0.3) is 0 Å². The van der Waals surface area contributed by atoms with Crippen LogP contribution in [0.2, 0.25) is 5.02 Å². The molecule has 2 heterocycles. The number of sulfone groups is 1. The van der Waals surface area contributed by atoms with E-state index >= 15 is 0 Å². The number of amidine groups is 1. The molecular formula is C27H27ClF3N5O3S2. The summed E-state index contributed by atoms with van der Waals surface area (Å²) in [6.45, 7) is 4.05. The molecule has 0 amide bonds. The highest BCUT2D eigenvalue weighted by Gasteiger charge is 2.53. The van der Waals surface area contributed by atoms with Crippen LogP contribution in [0.4, 0.5) is 24.7 Å². The standard InChI is InChI=1S/C27H27ClF3N5O3S2/c1-16(2)41(38,39)20-5-3-19(4-6-20)40(37)34-23-13-17(29)11-21(28)24(23)25(32)36-10-9-35(15-27(36)7-8-27)26-22(31)12-18(30)14-33-26/h3-6,11-14,16,32,34H,7-10,15H2,1-2H3. The molecule has 41 heavy (non-hydrogen) atoms. The van der Waals surface area contributed by atoms with Gasteiger partial charge in [-0.1, -0.05) is 11.6 Å². The summed E-state index contributed by atoms with van der Waals surface area (Å²) in [6, 6.07) is 8.49. The van der Waals surface area contributed by atoms with Crippen molar-refractivity contribution in [2.45, 2.75) is 47.3 Å².